The third-order valence-electron chi connectivity index (χ3n) is 4.46. The van der Waals surface area contributed by atoms with Gasteiger partial charge >= 0.3 is 6.36 Å². The van der Waals surface area contributed by atoms with Gasteiger partial charge in [-0.3, -0.25) is 4.79 Å². The molecule has 2 atom stereocenters. The molecule has 0 aromatic heterocycles. The molecule has 0 saturated heterocycles. The number of hydrogen-bond donors (Lipinski definition) is 2. The fourth-order valence-corrected chi connectivity index (χ4v) is 3.17. The van der Waals surface area contributed by atoms with E-state index in [0.29, 0.717) is 5.56 Å². The lowest BCUT2D eigenvalue weighted by Gasteiger charge is -2.37. The molecular weight excluding hydrogens is 357 g/mol. The smallest absolute Gasteiger partial charge is 0.406 e. The van der Waals surface area contributed by atoms with E-state index < -0.39 is 11.9 Å². The van der Waals surface area contributed by atoms with E-state index in [1.807, 2.05) is 6.92 Å². The molecule has 0 aliphatic heterocycles. The minimum absolute atomic E-state index is 0. The zero-order valence-corrected chi connectivity index (χ0v) is 14.9. The predicted molar refractivity (Wildman–Crippen MR) is 91.6 cm³/mol. The van der Waals surface area contributed by atoms with Crippen molar-refractivity contribution >= 4 is 18.3 Å². The number of para-hydroxylation sites is 1. The Kier molecular flexibility index (Phi) is 7.56. The fraction of sp³-hybridized carbons (Fsp3) is 0.588. The number of rotatable bonds is 5. The molecule has 1 aromatic carbocycles. The summed E-state index contributed by atoms with van der Waals surface area (Å²) in [5.41, 5.74) is 6.06. The van der Waals surface area contributed by atoms with E-state index in [2.05, 4.69) is 10.1 Å². The fourth-order valence-electron chi connectivity index (χ4n) is 3.17. The number of ether oxygens (including phenoxy) is 1. The molecule has 8 heteroatoms. The molecule has 142 valence electrons. The van der Waals surface area contributed by atoms with Crippen LogP contribution in [-0.2, 0) is 11.2 Å². The van der Waals surface area contributed by atoms with Crippen LogP contribution in [0, 0.1) is 5.92 Å². The van der Waals surface area contributed by atoms with Crippen molar-refractivity contribution < 1.29 is 22.7 Å². The lowest BCUT2D eigenvalue weighted by molar-refractivity contribution is -0.274. The lowest BCUT2D eigenvalue weighted by atomic mass is 9.74. The van der Waals surface area contributed by atoms with Gasteiger partial charge in [-0.05, 0) is 37.8 Å². The first-order valence-electron chi connectivity index (χ1n) is 8.09. The zero-order valence-electron chi connectivity index (χ0n) is 14.1. The van der Waals surface area contributed by atoms with Crippen LogP contribution in [0.5, 0.6) is 5.75 Å². The monoisotopic (exact) mass is 380 g/mol. The van der Waals surface area contributed by atoms with Crippen molar-refractivity contribution in [1.82, 2.24) is 5.32 Å². The summed E-state index contributed by atoms with van der Waals surface area (Å²) in [6.45, 7) is 2.12. The van der Waals surface area contributed by atoms with E-state index in [-0.39, 0.29) is 42.9 Å². The van der Waals surface area contributed by atoms with Crippen LogP contribution in [0.15, 0.2) is 24.3 Å². The van der Waals surface area contributed by atoms with Crippen LogP contribution in [0.25, 0.3) is 0 Å². The summed E-state index contributed by atoms with van der Waals surface area (Å²) in [4.78, 5) is 12.3. The summed E-state index contributed by atoms with van der Waals surface area (Å²) in [6, 6.07) is 5.94. The lowest BCUT2D eigenvalue weighted by Crippen LogP contribution is -2.53. The number of benzene rings is 1. The Labute approximate surface area is 151 Å². The van der Waals surface area contributed by atoms with E-state index >= 15 is 0 Å². The maximum Gasteiger partial charge on any atom is 0.573 e. The first-order chi connectivity index (χ1) is 11.2. The molecule has 1 saturated carbocycles. The Morgan fingerprint density at radius 1 is 1.36 bits per heavy atom. The topological polar surface area (TPSA) is 64.4 Å². The summed E-state index contributed by atoms with van der Waals surface area (Å²) in [6.07, 6.45) is -0.958. The summed E-state index contributed by atoms with van der Waals surface area (Å²) in [5, 5.41) is 2.79. The van der Waals surface area contributed by atoms with Crippen LogP contribution < -0.4 is 15.8 Å². The summed E-state index contributed by atoms with van der Waals surface area (Å²) in [5.74, 6) is -0.623. The van der Waals surface area contributed by atoms with Gasteiger partial charge in [0, 0.05) is 12.1 Å². The van der Waals surface area contributed by atoms with Crippen molar-refractivity contribution in [3.05, 3.63) is 29.8 Å². The van der Waals surface area contributed by atoms with E-state index in [9.17, 15) is 18.0 Å². The molecule has 1 aliphatic rings. The van der Waals surface area contributed by atoms with Crippen LogP contribution in [0.1, 0.15) is 38.2 Å². The van der Waals surface area contributed by atoms with E-state index in [4.69, 9.17) is 5.73 Å². The Balaban J connectivity index is 0.00000312. The number of carbonyl (C=O) groups excluding carboxylic acids is 1. The van der Waals surface area contributed by atoms with Crippen molar-refractivity contribution in [3.63, 3.8) is 0 Å². The number of nitrogens with two attached hydrogens (primary N) is 1. The summed E-state index contributed by atoms with van der Waals surface area (Å²) in [7, 11) is 0. The van der Waals surface area contributed by atoms with Gasteiger partial charge in [-0.15, -0.1) is 25.6 Å². The number of nitrogens with one attached hydrogen (secondary N) is 1. The summed E-state index contributed by atoms with van der Waals surface area (Å²) >= 11 is 0. The largest absolute Gasteiger partial charge is 0.573 e. The van der Waals surface area contributed by atoms with Gasteiger partial charge in [0.05, 0.1) is 5.92 Å². The predicted octanol–water partition coefficient (Wildman–Crippen LogP) is 3.57. The molecule has 0 radical (unpaired) electrons. The zero-order chi connectivity index (χ0) is 17.8. The van der Waals surface area contributed by atoms with Gasteiger partial charge in [0.15, 0.2) is 0 Å². The van der Waals surface area contributed by atoms with Crippen molar-refractivity contribution in [2.24, 2.45) is 11.7 Å². The van der Waals surface area contributed by atoms with Crippen LogP contribution >= 0.6 is 12.4 Å². The highest BCUT2D eigenvalue weighted by Crippen LogP contribution is 2.31. The second-order valence-corrected chi connectivity index (χ2v) is 6.50. The third-order valence-corrected chi connectivity index (χ3v) is 4.46. The number of alkyl halides is 3. The Hall–Kier alpha value is -1.47. The minimum atomic E-state index is -4.73. The van der Waals surface area contributed by atoms with Gasteiger partial charge in [0.1, 0.15) is 5.75 Å². The molecule has 1 aliphatic carbocycles. The van der Waals surface area contributed by atoms with Crippen molar-refractivity contribution in [2.45, 2.75) is 50.9 Å². The molecule has 0 spiro atoms. The highest BCUT2D eigenvalue weighted by molar-refractivity contribution is 5.85. The average molecular weight is 381 g/mol. The molecule has 0 bridgehead atoms. The minimum Gasteiger partial charge on any atom is -0.406 e. The van der Waals surface area contributed by atoms with Crippen molar-refractivity contribution in [2.75, 3.05) is 6.54 Å². The van der Waals surface area contributed by atoms with Gasteiger partial charge in [-0.2, -0.15) is 0 Å². The molecular formula is C17H24ClF3N2O2. The second-order valence-electron chi connectivity index (χ2n) is 6.50. The van der Waals surface area contributed by atoms with Gasteiger partial charge in [0.25, 0.3) is 0 Å². The Bertz CT molecular complexity index is 579. The molecule has 2 unspecified atom stereocenters. The highest BCUT2D eigenvalue weighted by atomic mass is 35.5. The summed E-state index contributed by atoms with van der Waals surface area (Å²) < 4.78 is 41.2. The van der Waals surface area contributed by atoms with Gasteiger partial charge in [0.2, 0.25) is 5.91 Å². The first-order valence-corrected chi connectivity index (χ1v) is 8.09. The molecule has 4 nitrogen and oxygen atoms in total. The quantitative estimate of drug-likeness (QED) is 0.820. The number of hydrogen-bond acceptors (Lipinski definition) is 3. The van der Waals surface area contributed by atoms with Gasteiger partial charge < -0.3 is 15.8 Å². The third kappa shape index (κ3) is 6.40. The Morgan fingerprint density at radius 2 is 2.04 bits per heavy atom. The van der Waals surface area contributed by atoms with Gasteiger partial charge in [-0.25, -0.2) is 0 Å². The standard InChI is InChI=1S/C17H23F3N2O2.ClH/c1-16(21)10-5-4-7-13(16)15(23)22-11-9-12-6-2-3-8-14(12)24-17(18,19)20;/h2-3,6,8,13H,4-5,7,9-11,21H2,1H3,(H,22,23);1H. The normalized spacial score (nSPS) is 23.5. The SMILES string of the molecule is CC1(N)CCCCC1C(=O)NCCc1ccccc1OC(F)(F)F.Cl. The highest BCUT2D eigenvalue weighted by Gasteiger charge is 2.37. The van der Waals surface area contributed by atoms with Crippen molar-refractivity contribution in [1.29, 1.82) is 0 Å². The molecule has 25 heavy (non-hydrogen) atoms. The van der Waals surface area contributed by atoms with Crippen LogP contribution in [-0.4, -0.2) is 24.4 Å². The number of carbonyl (C=O) groups is 1. The maximum absolute atomic E-state index is 12.4. The molecule has 3 N–H and O–H groups in total. The average Bonchev–Trinajstić information content (AvgIpc) is 2.47. The number of amides is 1. The van der Waals surface area contributed by atoms with Gasteiger partial charge in [-0.1, -0.05) is 31.0 Å². The van der Waals surface area contributed by atoms with Crippen LogP contribution in [0.3, 0.4) is 0 Å². The van der Waals surface area contributed by atoms with E-state index in [0.717, 1.165) is 25.7 Å². The second kappa shape index (κ2) is 8.76. The maximum atomic E-state index is 12.4. The first kappa shape index (κ1) is 21.6. The van der Waals surface area contributed by atoms with Crippen LogP contribution in [0.4, 0.5) is 13.2 Å². The Morgan fingerprint density at radius 3 is 2.68 bits per heavy atom. The van der Waals surface area contributed by atoms with Crippen molar-refractivity contribution in [3.8, 4) is 5.75 Å². The molecule has 1 aromatic rings. The number of halogens is 4. The molecule has 1 fully saturated rings. The van der Waals surface area contributed by atoms with E-state index in [1.165, 1.54) is 12.1 Å². The molecule has 0 heterocycles. The molecule has 2 rings (SSSR count). The van der Waals surface area contributed by atoms with E-state index in [1.54, 1.807) is 12.1 Å². The van der Waals surface area contributed by atoms with Crippen LogP contribution in [0.2, 0.25) is 0 Å². The molecule has 1 amide bonds.